The molecule has 9 heteroatoms. The summed E-state index contributed by atoms with van der Waals surface area (Å²) in [5.41, 5.74) is 1.07. The predicted molar refractivity (Wildman–Crippen MR) is 111 cm³/mol. The van der Waals surface area contributed by atoms with Gasteiger partial charge in [-0.3, -0.25) is 14.5 Å². The van der Waals surface area contributed by atoms with E-state index in [4.69, 9.17) is 21.4 Å². The number of carbonyl (C=O) groups is 2. The van der Waals surface area contributed by atoms with Gasteiger partial charge >= 0.3 is 5.97 Å². The number of carboxylic acids is 1. The van der Waals surface area contributed by atoms with Crippen molar-refractivity contribution in [1.29, 1.82) is 0 Å². The number of nitrogens with zero attached hydrogens (tertiary/aromatic N) is 2. The summed E-state index contributed by atoms with van der Waals surface area (Å²) < 4.78 is 32.1. The van der Waals surface area contributed by atoms with E-state index in [0.717, 1.165) is 6.07 Å². The zero-order chi connectivity index (χ0) is 22.5. The molecule has 1 unspecified atom stereocenters. The van der Waals surface area contributed by atoms with Gasteiger partial charge in [0.05, 0.1) is 6.42 Å². The highest BCUT2D eigenvalue weighted by Gasteiger charge is 2.28. The fourth-order valence-corrected chi connectivity index (χ4v) is 3.85. The summed E-state index contributed by atoms with van der Waals surface area (Å²) in [7, 11) is 0. The number of carbonyl (C=O) groups excluding carboxylic acids is 1. The third kappa shape index (κ3) is 6.15. The fraction of sp³-hybridized carbons (Fsp3) is 0.364. The predicted octanol–water partition coefficient (Wildman–Crippen LogP) is 3.36. The van der Waals surface area contributed by atoms with Crippen molar-refractivity contribution in [3.05, 3.63) is 64.2 Å². The summed E-state index contributed by atoms with van der Waals surface area (Å²) in [6, 6.07) is 8.39. The van der Waals surface area contributed by atoms with Crippen molar-refractivity contribution in [3.8, 4) is 5.75 Å². The molecule has 0 aliphatic carbocycles. The summed E-state index contributed by atoms with van der Waals surface area (Å²) in [5, 5.41) is 9.43. The van der Waals surface area contributed by atoms with E-state index < -0.39 is 17.6 Å². The van der Waals surface area contributed by atoms with Crippen molar-refractivity contribution < 1.29 is 28.2 Å². The summed E-state index contributed by atoms with van der Waals surface area (Å²) in [6.45, 7) is 3.78. The Hall–Kier alpha value is -2.71. The number of aliphatic carboxylic acids is 1. The summed E-state index contributed by atoms with van der Waals surface area (Å²) in [6.07, 6.45) is -0.261. The minimum Gasteiger partial charge on any atom is -0.483 e. The van der Waals surface area contributed by atoms with Crippen molar-refractivity contribution in [3.63, 3.8) is 0 Å². The van der Waals surface area contributed by atoms with Crippen LogP contribution in [0.2, 0.25) is 5.02 Å². The van der Waals surface area contributed by atoms with E-state index in [9.17, 15) is 18.4 Å². The van der Waals surface area contributed by atoms with Gasteiger partial charge in [-0.2, -0.15) is 0 Å². The molecule has 1 saturated heterocycles. The molecule has 1 amide bonds. The second-order valence-electron chi connectivity index (χ2n) is 7.53. The lowest BCUT2D eigenvalue weighted by Crippen LogP contribution is -2.54. The minimum absolute atomic E-state index is 0.0983. The molecule has 0 saturated carbocycles. The number of amides is 1. The Morgan fingerprint density at radius 2 is 1.94 bits per heavy atom. The molecule has 1 fully saturated rings. The fourth-order valence-electron chi connectivity index (χ4n) is 3.66. The highest BCUT2D eigenvalue weighted by atomic mass is 35.5. The Morgan fingerprint density at radius 3 is 2.61 bits per heavy atom. The van der Waals surface area contributed by atoms with E-state index in [0.29, 0.717) is 48.1 Å². The van der Waals surface area contributed by atoms with Crippen molar-refractivity contribution in [2.24, 2.45) is 0 Å². The minimum atomic E-state index is -1.02. The first-order valence-electron chi connectivity index (χ1n) is 9.81. The Kier molecular flexibility index (Phi) is 7.46. The molecular formula is C22H23ClF2N2O4. The van der Waals surface area contributed by atoms with Crippen molar-refractivity contribution in [2.45, 2.75) is 25.9 Å². The van der Waals surface area contributed by atoms with Crippen LogP contribution in [-0.2, 0) is 22.6 Å². The maximum Gasteiger partial charge on any atom is 0.307 e. The summed E-state index contributed by atoms with van der Waals surface area (Å²) in [5.74, 6) is -2.68. The molecule has 1 N–H and O–H groups in total. The Labute approximate surface area is 184 Å². The molecule has 1 atom stereocenters. The molecular weight excluding hydrogens is 430 g/mol. The molecule has 1 aliphatic rings. The first-order valence-corrected chi connectivity index (χ1v) is 10.2. The van der Waals surface area contributed by atoms with Crippen LogP contribution in [0, 0.1) is 11.6 Å². The van der Waals surface area contributed by atoms with Crippen LogP contribution in [0.4, 0.5) is 8.78 Å². The number of ether oxygens (including phenoxy) is 1. The molecule has 31 heavy (non-hydrogen) atoms. The van der Waals surface area contributed by atoms with Crippen LogP contribution < -0.4 is 4.74 Å². The van der Waals surface area contributed by atoms with Crippen LogP contribution in [-0.4, -0.2) is 59.1 Å². The molecule has 1 aliphatic heterocycles. The average Bonchev–Trinajstić information content (AvgIpc) is 2.69. The Morgan fingerprint density at radius 1 is 1.16 bits per heavy atom. The number of rotatable bonds is 7. The van der Waals surface area contributed by atoms with Gasteiger partial charge < -0.3 is 14.7 Å². The number of carboxylic acid groups (broad SMARTS) is 1. The second kappa shape index (κ2) is 10.1. The third-order valence-electron chi connectivity index (χ3n) is 5.14. The lowest BCUT2D eigenvalue weighted by atomic mass is 10.1. The van der Waals surface area contributed by atoms with Gasteiger partial charge in [-0.25, -0.2) is 8.78 Å². The van der Waals surface area contributed by atoms with Crippen LogP contribution in [0.1, 0.15) is 18.1 Å². The highest BCUT2D eigenvalue weighted by molar-refractivity contribution is 6.30. The van der Waals surface area contributed by atoms with Gasteiger partial charge in [0.15, 0.2) is 18.2 Å². The molecule has 2 aromatic rings. The lowest BCUT2D eigenvalue weighted by Gasteiger charge is -2.39. The van der Waals surface area contributed by atoms with E-state index in [1.54, 1.807) is 23.1 Å². The third-order valence-corrected chi connectivity index (χ3v) is 5.37. The zero-order valence-corrected chi connectivity index (χ0v) is 17.7. The normalized spacial score (nSPS) is 16.9. The smallest absolute Gasteiger partial charge is 0.307 e. The van der Waals surface area contributed by atoms with Crippen molar-refractivity contribution in [2.75, 3.05) is 26.2 Å². The monoisotopic (exact) mass is 452 g/mol. The molecule has 0 bridgehead atoms. The van der Waals surface area contributed by atoms with Crippen molar-refractivity contribution in [1.82, 2.24) is 9.80 Å². The van der Waals surface area contributed by atoms with E-state index in [1.165, 1.54) is 12.1 Å². The topological polar surface area (TPSA) is 70.1 Å². The van der Waals surface area contributed by atoms with Crippen LogP contribution in [0.25, 0.3) is 0 Å². The van der Waals surface area contributed by atoms with Gasteiger partial charge in [0.2, 0.25) is 0 Å². The summed E-state index contributed by atoms with van der Waals surface area (Å²) >= 11 is 5.92. The van der Waals surface area contributed by atoms with E-state index >= 15 is 0 Å². The number of hydrogen-bond donors (Lipinski definition) is 1. The van der Waals surface area contributed by atoms with Crippen LogP contribution in [0.3, 0.4) is 0 Å². The van der Waals surface area contributed by atoms with Crippen LogP contribution in [0.15, 0.2) is 36.4 Å². The number of hydrogen-bond acceptors (Lipinski definition) is 4. The first-order chi connectivity index (χ1) is 14.7. The standard InChI is InChI=1S/C22H23ClF2N2O4/c1-14-11-26(12-15-2-4-18(24)19(25)8-15)6-7-27(14)21(28)13-31-20-5-3-17(23)9-16(20)10-22(29)30/h2-5,8-9,14H,6-7,10-13H2,1H3,(H,29,30). The van der Waals surface area contributed by atoms with E-state index in [1.807, 2.05) is 6.92 Å². The van der Waals surface area contributed by atoms with E-state index in [-0.39, 0.29) is 25.0 Å². The maximum absolute atomic E-state index is 13.4. The molecule has 1 heterocycles. The molecule has 3 rings (SSSR count). The van der Waals surface area contributed by atoms with Gasteiger partial charge in [-0.1, -0.05) is 17.7 Å². The van der Waals surface area contributed by atoms with Gasteiger partial charge in [0.25, 0.3) is 5.91 Å². The maximum atomic E-state index is 13.4. The molecule has 0 spiro atoms. The zero-order valence-electron chi connectivity index (χ0n) is 17.0. The van der Waals surface area contributed by atoms with Gasteiger partial charge in [-0.15, -0.1) is 0 Å². The highest BCUT2D eigenvalue weighted by Crippen LogP contribution is 2.24. The second-order valence-corrected chi connectivity index (χ2v) is 7.97. The van der Waals surface area contributed by atoms with Crippen LogP contribution in [0.5, 0.6) is 5.75 Å². The Bertz CT molecular complexity index is 973. The molecule has 0 aromatic heterocycles. The SMILES string of the molecule is CC1CN(Cc2ccc(F)c(F)c2)CCN1C(=O)COc1ccc(Cl)cc1CC(=O)O. The number of piperazine rings is 1. The largest absolute Gasteiger partial charge is 0.483 e. The van der Waals surface area contributed by atoms with Crippen molar-refractivity contribution >= 4 is 23.5 Å². The van der Waals surface area contributed by atoms with Gasteiger partial charge in [-0.05, 0) is 42.8 Å². The van der Waals surface area contributed by atoms with Gasteiger partial charge in [0.1, 0.15) is 5.75 Å². The molecule has 6 nitrogen and oxygen atoms in total. The molecule has 166 valence electrons. The first kappa shape index (κ1) is 23.0. The van der Waals surface area contributed by atoms with Crippen LogP contribution >= 0.6 is 11.6 Å². The Balaban J connectivity index is 1.55. The lowest BCUT2D eigenvalue weighted by molar-refractivity contribution is -0.138. The quantitative estimate of drug-likeness (QED) is 0.697. The molecule has 0 radical (unpaired) electrons. The average molecular weight is 453 g/mol. The molecule has 2 aromatic carbocycles. The number of halogens is 3. The van der Waals surface area contributed by atoms with E-state index in [2.05, 4.69) is 4.90 Å². The van der Waals surface area contributed by atoms with Gasteiger partial charge in [0, 0.05) is 42.8 Å². The summed E-state index contributed by atoms with van der Waals surface area (Å²) in [4.78, 5) is 27.5. The number of benzene rings is 2.